The van der Waals surface area contributed by atoms with E-state index in [9.17, 15) is 8.42 Å². The van der Waals surface area contributed by atoms with Crippen molar-refractivity contribution in [2.24, 2.45) is 0 Å². The van der Waals surface area contributed by atoms with Gasteiger partial charge in [-0.1, -0.05) is 24.3 Å². The number of sulfonamides is 1. The third-order valence-corrected chi connectivity index (χ3v) is 3.76. The Labute approximate surface area is 105 Å². The number of H-pyrrole nitrogens is 1. The molecule has 1 heterocycles. The summed E-state index contributed by atoms with van der Waals surface area (Å²) >= 11 is 0. The second-order valence-electron chi connectivity index (χ2n) is 3.72. The molecule has 7 heteroatoms. The molecular formula is C11H13N3O3S. The molecule has 1 aromatic heterocycles. The zero-order chi connectivity index (χ0) is 13.0. The summed E-state index contributed by atoms with van der Waals surface area (Å²) in [6.07, 6.45) is 2.56. The number of aliphatic hydroxyl groups is 1. The van der Waals surface area contributed by atoms with Crippen LogP contribution >= 0.6 is 0 Å². The van der Waals surface area contributed by atoms with E-state index in [0.29, 0.717) is 0 Å². The van der Waals surface area contributed by atoms with Crippen LogP contribution in [0.4, 0.5) is 0 Å². The maximum Gasteiger partial charge on any atom is 0.257 e. The van der Waals surface area contributed by atoms with Crippen molar-refractivity contribution in [1.29, 1.82) is 0 Å². The molecule has 0 bridgehead atoms. The summed E-state index contributed by atoms with van der Waals surface area (Å²) in [5, 5.41) is 8.93. The van der Waals surface area contributed by atoms with E-state index in [-0.39, 0.29) is 18.2 Å². The van der Waals surface area contributed by atoms with Gasteiger partial charge in [-0.05, 0) is 11.1 Å². The number of benzene rings is 1. The quantitative estimate of drug-likeness (QED) is 0.730. The second-order valence-corrected chi connectivity index (χ2v) is 5.45. The van der Waals surface area contributed by atoms with Crippen LogP contribution in [0, 0.1) is 0 Å². The summed E-state index contributed by atoms with van der Waals surface area (Å²) in [7, 11) is -3.55. The summed E-state index contributed by atoms with van der Waals surface area (Å²) < 4.78 is 26.0. The minimum Gasteiger partial charge on any atom is -0.392 e. The van der Waals surface area contributed by atoms with Crippen molar-refractivity contribution in [2.75, 3.05) is 0 Å². The van der Waals surface area contributed by atoms with E-state index < -0.39 is 10.0 Å². The molecule has 0 spiro atoms. The number of aromatic nitrogens is 2. The number of imidazole rings is 1. The number of rotatable bonds is 5. The van der Waals surface area contributed by atoms with Gasteiger partial charge in [-0.2, -0.15) is 0 Å². The fraction of sp³-hybridized carbons (Fsp3) is 0.182. The fourth-order valence-electron chi connectivity index (χ4n) is 1.41. The molecule has 2 aromatic rings. The lowest BCUT2D eigenvalue weighted by Crippen LogP contribution is -2.23. The Hall–Kier alpha value is -1.70. The van der Waals surface area contributed by atoms with Crippen LogP contribution in [0.5, 0.6) is 0 Å². The van der Waals surface area contributed by atoms with Gasteiger partial charge in [0.25, 0.3) is 10.0 Å². The van der Waals surface area contributed by atoms with Gasteiger partial charge in [-0.15, -0.1) is 0 Å². The normalized spacial score (nSPS) is 11.6. The molecule has 2 rings (SSSR count). The standard InChI is InChI=1S/C11H13N3O3S/c15-7-10-3-1-9(2-4-10)5-14-18(16,17)11-6-12-8-13-11/h1-4,6,8,14-15H,5,7H2,(H,12,13). The van der Waals surface area contributed by atoms with Crippen LogP contribution in [0.1, 0.15) is 11.1 Å². The van der Waals surface area contributed by atoms with Crippen LogP contribution in [-0.4, -0.2) is 23.5 Å². The molecule has 0 aliphatic rings. The van der Waals surface area contributed by atoms with Crippen LogP contribution in [0.3, 0.4) is 0 Å². The van der Waals surface area contributed by atoms with Crippen molar-refractivity contribution in [3.05, 3.63) is 47.9 Å². The van der Waals surface area contributed by atoms with E-state index >= 15 is 0 Å². The molecule has 0 saturated carbocycles. The lowest BCUT2D eigenvalue weighted by molar-refractivity contribution is 0.282. The van der Waals surface area contributed by atoms with Crippen molar-refractivity contribution in [2.45, 2.75) is 18.2 Å². The molecular weight excluding hydrogens is 254 g/mol. The predicted molar refractivity (Wildman–Crippen MR) is 65.0 cm³/mol. The Morgan fingerprint density at radius 3 is 2.44 bits per heavy atom. The summed E-state index contributed by atoms with van der Waals surface area (Å²) in [5.74, 6) is 0. The van der Waals surface area contributed by atoms with Crippen LogP contribution in [0.25, 0.3) is 0 Å². The Bertz CT molecular complexity index is 591. The lowest BCUT2D eigenvalue weighted by Gasteiger charge is -2.05. The molecule has 0 unspecified atom stereocenters. The second kappa shape index (κ2) is 5.30. The van der Waals surface area contributed by atoms with E-state index in [1.165, 1.54) is 12.5 Å². The van der Waals surface area contributed by atoms with Crippen molar-refractivity contribution in [1.82, 2.24) is 14.7 Å². The molecule has 96 valence electrons. The molecule has 6 nitrogen and oxygen atoms in total. The van der Waals surface area contributed by atoms with E-state index in [0.717, 1.165) is 11.1 Å². The van der Waals surface area contributed by atoms with Crippen LogP contribution in [-0.2, 0) is 23.2 Å². The van der Waals surface area contributed by atoms with Gasteiger partial charge in [-0.3, -0.25) is 0 Å². The maximum absolute atomic E-state index is 11.8. The van der Waals surface area contributed by atoms with Crippen molar-refractivity contribution < 1.29 is 13.5 Å². The van der Waals surface area contributed by atoms with Crippen molar-refractivity contribution in [3.8, 4) is 0 Å². The molecule has 0 saturated heterocycles. The van der Waals surface area contributed by atoms with Gasteiger partial charge in [0.2, 0.25) is 0 Å². The Morgan fingerprint density at radius 2 is 1.89 bits per heavy atom. The third-order valence-electron chi connectivity index (χ3n) is 2.43. The number of nitrogens with zero attached hydrogens (tertiary/aromatic N) is 1. The summed E-state index contributed by atoms with van der Waals surface area (Å²) in [5.41, 5.74) is 1.60. The van der Waals surface area contributed by atoms with Crippen LogP contribution in [0.15, 0.2) is 41.8 Å². The molecule has 18 heavy (non-hydrogen) atoms. The number of aliphatic hydroxyl groups excluding tert-OH is 1. The summed E-state index contributed by atoms with van der Waals surface area (Å²) in [6.45, 7) is 0.160. The molecule has 0 aliphatic carbocycles. The number of nitrogens with one attached hydrogen (secondary N) is 2. The highest BCUT2D eigenvalue weighted by atomic mass is 32.2. The van der Waals surface area contributed by atoms with Crippen molar-refractivity contribution in [3.63, 3.8) is 0 Å². The fourth-order valence-corrected chi connectivity index (χ4v) is 2.33. The van der Waals surface area contributed by atoms with Crippen LogP contribution < -0.4 is 4.72 Å². The van der Waals surface area contributed by atoms with Gasteiger partial charge in [0.05, 0.1) is 19.1 Å². The van der Waals surface area contributed by atoms with Gasteiger partial charge in [0.15, 0.2) is 5.03 Å². The highest BCUT2D eigenvalue weighted by molar-refractivity contribution is 7.89. The minimum atomic E-state index is -3.55. The van der Waals surface area contributed by atoms with E-state index in [2.05, 4.69) is 14.7 Å². The summed E-state index contributed by atoms with van der Waals surface area (Å²) in [6, 6.07) is 7.03. The maximum atomic E-state index is 11.8. The van der Waals surface area contributed by atoms with E-state index in [4.69, 9.17) is 5.11 Å². The predicted octanol–water partition coefficient (Wildman–Crippen LogP) is 0.380. The zero-order valence-electron chi connectivity index (χ0n) is 9.50. The minimum absolute atomic E-state index is 0.0276. The first kappa shape index (κ1) is 12.7. The molecule has 0 aliphatic heterocycles. The monoisotopic (exact) mass is 267 g/mol. The SMILES string of the molecule is O=S(=O)(NCc1ccc(CO)cc1)c1cnc[nH]1. The first-order valence-electron chi connectivity index (χ1n) is 5.28. The van der Waals surface area contributed by atoms with E-state index in [1.807, 2.05) is 0 Å². The third kappa shape index (κ3) is 2.95. The molecule has 0 atom stereocenters. The lowest BCUT2D eigenvalue weighted by atomic mass is 10.1. The van der Waals surface area contributed by atoms with Gasteiger partial charge in [0.1, 0.15) is 0 Å². The van der Waals surface area contributed by atoms with Gasteiger partial charge in [-0.25, -0.2) is 18.1 Å². The molecule has 0 fully saturated rings. The Morgan fingerprint density at radius 1 is 1.22 bits per heavy atom. The van der Waals surface area contributed by atoms with E-state index in [1.54, 1.807) is 24.3 Å². The summed E-state index contributed by atoms with van der Waals surface area (Å²) in [4.78, 5) is 6.20. The topological polar surface area (TPSA) is 95.1 Å². The number of aromatic amines is 1. The first-order valence-corrected chi connectivity index (χ1v) is 6.77. The van der Waals surface area contributed by atoms with Gasteiger partial charge in [0, 0.05) is 6.54 Å². The zero-order valence-corrected chi connectivity index (χ0v) is 10.3. The van der Waals surface area contributed by atoms with Crippen molar-refractivity contribution >= 4 is 10.0 Å². The Kier molecular flexibility index (Phi) is 3.75. The van der Waals surface area contributed by atoms with Crippen LogP contribution in [0.2, 0.25) is 0 Å². The smallest absolute Gasteiger partial charge is 0.257 e. The largest absolute Gasteiger partial charge is 0.392 e. The Balaban J connectivity index is 2.03. The van der Waals surface area contributed by atoms with Gasteiger partial charge >= 0.3 is 0 Å². The number of hydrogen-bond donors (Lipinski definition) is 3. The first-order chi connectivity index (χ1) is 8.62. The van der Waals surface area contributed by atoms with Gasteiger partial charge < -0.3 is 10.1 Å². The molecule has 1 aromatic carbocycles. The molecule has 0 radical (unpaired) electrons. The highest BCUT2D eigenvalue weighted by Gasteiger charge is 2.14. The molecule has 0 amide bonds. The average Bonchev–Trinajstić information content (AvgIpc) is 2.92. The highest BCUT2D eigenvalue weighted by Crippen LogP contribution is 2.07. The number of hydrogen-bond acceptors (Lipinski definition) is 4. The average molecular weight is 267 g/mol. The molecule has 3 N–H and O–H groups in total.